The SMILES string of the molecule is CSc1ccc(Cl)c(C(=O)NCc2ccc(N(C)C)cc2)c1. The Hall–Kier alpha value is -1.65. The number of carbonyl (C=O) groups is 1. The van der Waals surface area contributed by atoms with E-state index in [0.717, 1.165) is 16.1 Å². The minimum Gasteiger partial charge on any atom is -0.378 e. The minimum atomic E-state index is -0.155. The van der Waals surface area contributed by atoms with Crippen LogP contribution in [0.3, 0.4) is 0 Å². The van der Waals surface area contributed by atoms with Gasteiger partial charge in [0.05, 0.1) is 10.6 Å². The first-order valence-corrected chi connectivity index (χ1v) is 8.49. The third-order valence-corrected chi connectivity index (χ3v) is 4.38. The molecule has 0 saturated heterocycles. The smallest absolute Gasteiger partial charge is 0.253 e. The fraction of sp³-hybridized carbons (Fsp3) is 0.235. The number of nitrogens with zero attached hydrogens (tertiary/aromatic N) is 1. The van der Waals surface area contributed by atoms with Gasteiger partial charge in [0, 0.05) is 31.2 Å². The van der Waals surface area contributed by atoms with E-state index in [0.29, 0.717) is 17.1 Å². The van der Waals surface area contributed by atoms with Crippen LogP contribution in [-0.2, 0) is 6.54 Å². The second-order valence-electron chi connectivity index (χ2n) is 5.09. The molecule has 2 aromatic rings. The standard InChI is InChI=1S/C17H19ClN2OS/c1-20(2)13-6-4-12(5-7-13)11-19-17(21)15-10-14(22-3)8-9-16(15)18/h4-10H,11H2,1-3H3,(H,19,21). The largest absolute Gasteiger partial charge is 0.378 e. The normalized spacial score (nSPS) is 10.4. The monoisotopic (exact) mass is 334 g/mol. The van der Waals surface area contributed by atoms with Crippen LogP contribution in [0.1, 0.15) is 15.9 Å². The summed E-state index contributed by atoms with van der Waals surface area (Å²) in [5, 5.41) is 3.38. The molecule has 0 fully saturated rings. The summed E-state index contributed by atoms with van der Waals surface area (Å²) in [6.07, 6.45) is 1.97. The molecule has 5 heteroatoms. The number of rotatable bonds is 5. The van der Waals surface area contributed by atoms with Crippen molar-refractivity contribution in [3.63, 3.8) is 0 Å². The van der Waals surface area contributed by atoms with Crippen molar-refractivity contribution in [1.82, 2.24) is 5.32 Å². The maximum atomic E-state index is 12.3. The second kappa shape index (κ2) is 7.56. The summed E-state index contributed by atoms with van der Waals surface area (Å²) in [5.74, 6) is -0.155. The van der Waals surface area contributed by atoms with Crippen LogP contribution in [0, 0.1) is 0 Å². The molecule has 0 saturated carbocycles. The second-order valence-corrected chi connectivity index (χ2v) is 6.38. The van der Waals surface area contributed by atoms with Crippen molar-refractivity contribution in [2.45, 2.75) is 11.4 Å². The molecule has 116 valence electrons. The highest BCUT2D eigenvalue weighted by Gasteiger charge is 2.11. The Balaban J connectivity index is 2.03. The van der Waals surface area contributed by atoms with Gasteiger partial charge in [-0.25, -0.2) is 0 Å². The third kappa shape index (κ3) is 4.18. The molecular weight excluding hydrogens is 316 g/mol. The highest BCUT2D eigenvalue weighted by molar-refractivity contribution is 7.98. The molecule has 0 heterocycles. The summed E-state index contributed by atoms with van der Waals surface area (Å²) >= 11 is 7.69. The predicted molar refractivity (Wildman–Crippen MR) is 95.2 cm³/mol. The highest BCUT2D eigenvalue weighted by atomic mass is 35.5. The van der Waals surface area contributed by atoms with Gasteiger partial charge in [-0.2, -0.15) is 0 Å². The first-order valence-electron chi connectivity index (χ1n) is 6.89. The number of carbonyl (C=O) groups excluding carboxylic acids is 1. The van der Waals surface area contributed by atoms with Gasteiger partial charge in [0.25, 0.3) is 5.91 Å². The van der Waals surface area contributed by atoms with Crippen LogP contribution >= 0.6 is 23.4 Å². The summed E-state index contributed by atoms with van der Waals surface area (Å²) in [7, 11) is 4.00. The molecule has 0 aromatic heterocycles. The van der Waals surface area contributed by atoms with Gasteiger partial charge in [-0.1, -0.05) is 23.7 Å². The number of benzene rings is 2. The van der Waals surface area contributed by atoms with Gasteiger partial charge in [-0.15, -0.1) is 11.8 Å². The Bertz CT molecular complexity index is 656. The number of hydrogen-bond acceptors (Lipinski definition) is 3. The van der Waals surface area contributed by atoms with Crippen LogP contribution in [0.15, 0.2) is 47.4 Å². The van der Waals surface area contributed by atoms with Crippen molar-refractivity contribution in [2.24, 2.45) is 0 Å². The lowest BCUT2D eigenvalue weighted by Gasteiger charge is -2.13. The Labute approximate surface area is 140 Å². The molecule has 0 spiro atoms. The van der Waals surface area contributed by atoms with Crippen molar-refractivity contribution < 1.29 is 4.79 Å². The minimum absolute atomic E-state index is 0.155. The summed E-state index contributed by atoms with van der Waals surface area (Å²) in [5.41, 5.74) is 2.69. The molecule has 2 rings (SSSR count). The van der Waals surface area contributed by atoms with E-state index in [4.69, 9.17) is 11.6 Å². The first-order chi connectivity index (χ1) is 10.5. The summed E-state index contributed by atoms with van der Waals surface area (Å²) < 4.78 is 0. The molecule has 0 aliphatic carbocycles. The zero-order valence-corrected chi connectivity index (χ0v) is 14.5. The van der Waals surface area contributed by atoms with Gasteiger partial charge in [0.2, 0.25) is 0 Å². The Morgan fingerprint density at radius 3 is 2.45 bits per heavy atom. The van der Waals surface area contributed by atoms with Crippen LogP contribution in [0.4, 0.5) is 5.69 Å². The van der Waals surface area contributed by atoms with Gasteiger partial charge in [0.15, 0.2) is 0 Å². The molecule has 2 aromatic carbocycles. The van der Waals surface area contributed by atoms with Crippen molar-refractivity contribution in [3.05, 3.63) is 58.6 Å². The molecule has 1 amide bonds. The summed E-state index contributed by atoms with van der Waals surface area (Å²) in [4.78, 5) is 15.3. The van der Waals surface area contributed by atoms with E-state index in [1.54, 1.807) is 17.8 Å². The average Bonchev–Trinajstić information content (AvgIpc) is 2.53. The fourth-order valence-electron chi connectivity index (χ4n) is 1.99. The Morgan fingerprint density at radius 2 is 1.86 bits per heavy atom. The number of nitrogens with one attached hydrogen (secondary N) is 1. The van der Waals surface area contributed by atoms with Gasteiger partial charge < -0.3 is 10.2 Å². The van der Waals surface area contributed by atoms with Crippen molar-refractivity contribution in [1.29, 1.82) is 0 Å². The number of thioether (sulfide) groups is 1. The molecule has 0 unspecified atom stereocenters. The van der Waals surface area contributed by atoms with Crippen LogP contribution in [-0.4, -0.2) is 26.3 Å². The van der Waals surface area contributed by atoms with Crippen LogP contribution in [0.5, 0.6) is 0 Å². The number of halogens is 1. The third-order valence-electron chi connectivity index (χ3n) is 3.32. The summed E-state index contributed by atoms with van der Waals surface area (Å²) in [6.45, 7) is 0.479. The zero-order valence-electron chi connectivity index (χ0n) is 12.9. The summed E-state index contributed by atoms with van der Waals surface area (Å²) in [6, 6.07) is 13.6. The molecule has 0 bridgehead atoms. The van der Waals surface area contributed by atoms with Gasteiger partial charge in [-0.05, 0) is 42.2 Å². The first kappa shape index (κ1) is 16.7. The molecule has 3 nitrogen and oxygen atoms in total. The van der Waals surface area contributed by atoms with Crippen molar-refractivity contribution in [2.75, 3.05) is 25.3 Å². The quantitative estimate of drug-likeness (QED) is 0.837. The van der Waals surface area contributed by atoms with Gasteiger partial charge in [0.1, 0.15) is 0 Å². The Kier molecular flexibility index (Phi) is 5.75. The lowest BCUT2D eigenvalue weighted by Crippen LogP contribution is -2.23. The van der Waals surface area contributed by atoms with Gasteiger partial charge >= 0.3 is 0 Å². The molecule has 0 aliphatic heterocycles. The van der Waals surface area contributed by atoms with E-state index in [9.17, 15) is 4.79 Å². The number of anilines is 1. The van der Waals surface area contributed by atoms with Crippen LogP contribution in [0.25, 0.3) is 0 Å². The van der Waals surface area contributed by atoms with Crippen molar-refractivity contribution >= 4 is 35.0 Å². The molecular formula is C17H19ClN2OS. The van der Waals surface area contributed by atoms with Crippen molar-refractivity contribution in [3.8, 4) is 0 Å². The van der Waals surface area contributed by atoms with Crippen LogP contribution < -0.4 is 10.2 Å². The molecule has 22 heavy (non-hydrogen) atoms. The lowest BCUT2D eigenvalue weighted by atomic mass is 10.1. The molecule has 0 radical (unpaired) electrons. The lowest BCUT2D eigenvalue weighted by molar-refractivity contribution is 0.0951. The predicted octanol–water partition coefficient (Wildman–Crippen LogP) is 4.06. The van der Waals surface area contributed by atoms with E-state index < -0.39 is 0 Å². The number of amides is 1. The fourth-order valence-corrected chi connectivity index (χ4v) is 2.64. The van der Waals surface area contributed by atoms with E-state index in [1.807, 2.05) is 61.6 Å². The molecule has 1 N–H and O–H groups in total. The maximum absolute atomic E-state index is 12.3. The van der Waals surface area contributed by atoms with E-state index >= 15 is 0 Å². The van der Waals surface area contributed by atoms with E-state index in [2.05, 4.69) is 5.32 Å². The Morgan fingerprint density at radius 1 is 1.18 bits per heavy atom. The topological polar surface area (TPSA) is 32.3 Å². The average molecular weight is 335 g/mol. The van der Waals surface area contributed by atoms with E-state index in [1.165, 1.54) is 0 Å². The number of hydrogen-bond donors (Lipinski definition) is 1. The van der Waals surface area contributed by atoms with Gasteiger partial charge in [-0.3, -0.25) is 4.79 Å². The van der Waals surface area contributed by atoms with E-state index in [-0.39, 0.29) is 5.91 Å². The van der Waals surface area contributed by atoms with Crippen LogP contribution in [0.2, 0.25) is 5.02 Å². The highest BCUT2D eigenvalue weighted by Crippen LogP contribution is 2.23. The zero-order chi connectivity index (χ0) is 16.1. The molecule has 0 aliphatic rings. The molecule has 0 atom stereocenters. The maximum Gasteiger partial charge on any atom is 0.253 e.